The Kier molecular flexibility index (Phi) is 1.43. The average molecular weight is 122 g/mol. The standard InChI is InChI=1S/C8H10O/c1-6-4-9-5-7(2)8(6)3/h4-5H,3H2,1-2H3. The quantitative estimate of drug-likeness (QED) is 0.479. The van der Waals surface area contributed by atoms with Gasteiger partial charge in [-0.1, -0.05) is 6.58 Å². The highest BCUT2D eigenvalue weighted by molar-refractivity contribution is 5.42. The van der Waals surface area contributed by atoms with E-state index in [0.717, 1.165) is 16.7 Å². The summed E-state index contributed by atoms with van der Waals surface area (Å²) in [5.41, 5.74) is 3.28. The maximum absolute atomic E-state index is 4.98. The first kappa shape index (κ1) is 6.14. The highest BCUT2D eigenvalue weighted by Gasteiger charge is 2.03. The Morgan fingerprint density at radius 3 is 2.00 bits per heavy atom. The molecule has 0 saturated carbocycles. The van der Waals surface area contributed by atoms with Crippen molar-refractivity contribution in [2.45, 2.75) is 13.8 Å². The maximum Gasteiger partial charge on any atom is 0.0936 e. The van der Waals surface area contributed by atoms with Crippen molar-refractivity contribution in [3.63, 3.8) is 0 Å². The molecule has 0 aliphatic carbocycles. The molecule has 0 fully saturated rings. The third-order valence-corrected chi connectivity index (χ3v) is 1.44. The van der Waals surface area contributed by atoms with Gasteiger partial charge in [-0.15, -0.1) is 0 Å². The molecule has 0 saturated heterocycles. The molecule has 0 aromatic carbocycles. The summed E-state index contributed by atoms with van der Waals surface area (Å²) in [5, 5.41) is 0. The van der Waals surface area contributed by atoms with Crippen LogP contribution < -0.4 is 0 Å². The summed E-state index contributed by atoms with van der Waals surface area (Å²) in [6.45, 7) is 7.83. The molecule has 1 nitrogen and oxygen atoms in total. The molecule has 0 amide bonds. The van der Waals surface area contributed by atoms with Crippen molar-refractivity contribution in [2.75, 3.05) is 0 Å². The van der Waals surface area contributed by atoms with Gasteiger partial charge in [0.1, 0.15) is 0 Å². The molecule has 1 aliphatic heterocycles. The fourth-order valence-corrected chi connectivity index (χ4v) is 0.691. The molecule has 0 N–H and O–H groups in total. The zero-order valence-electron chi connectivity index (χ0n) is 5.77. The van der Waals surface area contributed by atoms with E-state index in [1.807, 2.05) is 13.8 Å². The predicted molar refractivity (Wildman–Crippen MR) is 37.7 cm³/mol. The molecule has 0 aromatic rings. The molecule has 0 bridgehead atoms. The Bertz CT molecular complexity index is 177. The molecule has 1 rings (SSSR count). The lowest BCUT2D eigenvalue weighted by atomic mass is 10.0. The van der Waals surface area contributed by atoms with E-state index in [1.165, 1.54) is 0 Å². The molecule has 48 valence electrons. The molecule has 0 atom stereocenters. The number of ether oxygens (including phenoxy) is 1. The third kappa shape index (κ3) is 1.04. The van der Waals surface area contributed by atoms with Crippen LogP contribution in [0.3, 0.4) is 0 Å². The number of hydrogen-bond donors (Lipinski definition) is 0. The van der Waals surface area contributed by atoms with Crippen molar-refractivity contribution >= 4 is 0 Å². The van der Waals surface area contributed by atoms with Crippen molar-refractivity contribution in [3.8, 4) is 0 Å². The van der Waals surface area contributed by atoms with Crippen LogP contribution in [0.15, 0.2) is 35.8 Å². The SMILES string of the molecule is C=C1C(C)=COC=C1C. The Labute approximate surface area is 55.3 Å². The number of allylic oxidation sites excluding steroid dienone is 3. The van der Waals surface area contributed by atoms with Crippen LogP contribution in [0.5, 0.6) is 0 Å². The molecule has 9 heavy (non-hydrogen) atoms. The van der Waals surface area contributed by atoms with Crippen LogP contribution in [0.2, 0.25) is 0 Å². The zero-order valence-corrected chi connectivity index (χ0v) is 5.77. The van der Waals surface area contributed by atoms with Crippen molar-refractivity contribution in [1.29, 1.82) is 0 Å². The predicted octanol–water partition coefficient (Wildman–Crippen LogP) is 2.38. The van der Waals surface area contributed by atoms with Crippen LogP contribution >= 0.6 is 0 Å². The van der Waals surface area contributed by atoms with Crippen molar-refractivity contribution in [2.24, 2.45) is 0 Å². The van der Waals surface area contributed by atoms with Gasteiger partial charge in [0.2, 0.25) is 0 Å². The first-order valence-corrected chi connectivity index (χ1v) is 2.90. The largest absolute Gasteiger partial charge is 0.472 e. The maximum atomic E-state index is 4.98. The fraction of sp³-hybridized carbons (Fsp3) is 0.250. The lowest BCUT2D eigenvalue weighted by Crippen LogP contribution is -1.92. The highest BCUT2D eigenvalue weighted by atomic mass is 16.5. The van der Waals surface area contributed by atoms with Crippen LogP contribution in [-0.2, 0) is 4.74 Å². The van der Waals surface area contributed by atoms with Crippen molar-refractivity contribution in [1.82, 2.24) is 0 Å². The summed E-state index contributed by atoms with van der Waals surface area (Å²) in [6.07, 6.45) is 3.41. The van der Waals surface area contributed by atoms with Gasteiger partial charge in [-0.2, -0.15) is 0 Å². The number of rotatable bonds is 0. The molecule has 0 unspecified atom stereocenters. The molecule has 0 radical (unpaired) electrons. The molecule has 0 aromatic heterocycles. The van der Waals surface area contributed by atoms with E-state index in [1.54, 1.807) is 12.5 Å². The first-order chi connectivity index (χ1) is 4.22. The molecule has 1 heterocycles. The first-order valence-electron chi connectivity index (χ1n) is 2.90. The van der Waals surface area contributed by atoms with E-state index in [4.69, 9.17) is 4.74 Å². The summed E-state index contributed by atoms with van der Waals surface area (Å²) in [7, 11) is 0. The Morgan fingerprint density at radius 1 is 1.22 bits per heavy atom. The second-order valence-electron chi connectivity index (χ2n) is 2.22. The Hall–Kier alpha value is -0.980. The van der Waals surface area contributed by atoms with Gasteiger partial charge in [0.05, 0.1) is 12.5 Å². The summed E-state index contributed by atoms with van der Waals surface area (Å²) in [5.74, 6) is 0. The van der Waals surface area contributed by atoms with Gasteiger partial charge in [0, 0.05) is 0 Å². The second kappa shape index (κ2) is 2.09. The lowest BCUT2D eigenvalue weighted by molar-refractivity contribution is 0.389. The van der Waals surface area contributed by atoms with E-state index < -0.39 is 0 Å². The van der Waals surface area contributed by atoms with Crippen LogP contribution in [0.25, 0.3) is 0 Å². The minimum absolute atomic E-state index is 1.07. The summed E-state index contributed by atoms with van der Waals surface area (Å²) >= 11 is 0. The van der Waals surface area contributed by atoms with Crippen molar-refractivity contribution < 1.29 is 4.74 Å². The molecular weight excluding hydrogens is 112 g/mol. The van der Waals surface area contributed by atoms with Gasteiger partial charge in [-0.3, -0.25) is 0 Å². The van der Waals surface area contributed by atoms with E-state index in [-0.39, 0.29) is 0 Å². The van der Waals surface area contributed by atoms with Gasteiger partial charge in [0.25, 0.3) is 0 Å². The summed E-state index contributed by atoms with van der Waals surface area (Å²) in [4.78, 5) is 0. The van der Waals surface area contributed by atoms with Gasteiger partial charge in [-0.25, -0.2) is 0 Å². The van der Waals surface area contributed by atoms with Crippen LogP contribution in [0.4, 0.5) is 0 Å². The zero-order chi connectivity index (χ0) is 6.85. The minimum atomic E-state index is 1.07. The molecule has 1 heteroatoms. The lowest BCUT2D eigenvalue weighted by Gasteiger charge is -2.10. The van der Waals surface area contributed by atoms with Crippen LogP contribution in [-0.4, -0.2) is 0 Å². The summed E-state index contributed by atoms with van der Waals surface area (Å²) < 4.78 is 4.98. The monoisotopic (exact) mass is 122 g/mol. The average Bonchev–Trinajstić information content (AvgIpc) is 1.83. The minimum Gasteiger partial charge on any atom is -0.472 e. The van der Waals surface area contributed by atoms with E-state index in [2.05, 4.69) is 6.58 Å². The van der Waals surface area contributed by atoms with Crippen LogP contribution in [0.1, 0.15) is 13.8 Å². The van der Waals surface area contributed by atoms with Crippen LogP contribution in [0, 0.1) is 0 Å². The second-order valence-corrected chi connectivity index (χ2v) is 2.22. The van der Waals surface area contributed by atoms with E-state index in [0.29, 0.717) is 0 Å². The summed E-state index contributed by atoms with van der Waals surface area (Å²) in [6, 6.07) is 0. The van der Waals surface area contributed by atoms with Gasteiger partial charge in [-0.05, 0) is 30.6 Å². The third-order valence-electron chi connectivity index (χ3n) is 1.44. The van der Waals surface area contributed by atoms with E-state index in [9.17, 15) is 0 Å². The molecular formula is C8H10O. The molecule has 0 spiro atoms. The topological polar surface area (TPSA) is 9.23 Å². The van der Waals surface area contributed by atoms with Gasteiger partial charge in [0.15, 0.2) is 0 Å². The smallest absolute Gasteiger partial charge is 0.0936 e. The Morgan fingerprint density at radius 2 is 1.67 bits per heavy atom. The Balaban J connectivity index is 2.86. The van der Waals surface area contributed by atoms with Gasteiger partial charge >= 0.3 is 0 Å². The highest BCUT2D eigenvalue weighted by Crippen LogP contribution is 2.20. The van der Waals surface area contributed by atoms with E-state index >= 15 is 0 Å². The number of hydrogen-bond acceptors (Lipinski definition) is 1. The van der Waals surface area contributed by atoms with Gasteiger partial charge < -0.3 is 4.74 Å². The molecule has 1 aliphatic rings. The van der Waals surface area contributed by atoms with Crippen molar-refractivity contribution in [3.05, 3.63) is 35.8 Å². The normalized spacial score (nSPS) is 18.2. The fourth-order valence-electron chi connectivity index (χ4n) is 0.691.